The maximum absolute atomic E-state index is 11.2. The van der Waals surface area contributed by atoms with Gasteiger partial charge in [-0.05, 0) is 23.8 Å². The molecule has 3 rings (SSSR count). The van der Waals surface area contributed by atoms with Crippen LogP contribution in [0, 0.1) is 0 Å². The molecule has 2 aromatic carbocycles. The molecule has 0 radical (unpaired) electrons. The summed E-state index contributed by atoms with van der Waals surface area (Å²) in [6, 6.07) is 10.5. The first-order valence-corrected chi connectivity index (χ1v) is 7.54. The first kappa shape index (κ1) is 14.1. The van der Waals surface area contributed by atoms with Gasteiger partial charge in [-0.25, -0.2) is 4.79 Å². The molecule has 0 spiro atoms. The number of carbonyl (C=O) groups is 1. The molecule has 0 amide bonds. The highest BCUT2D eigenvalue weighted by Crippen LogP contribution is 2.39. The largest absolute Gasteiger partial charge is 0.478 e. The topological polar surface area (TPSA) is 55.8 Å². The Morgan fingerprint density at radius 3 is 2.71 bits per heavy atom. The molecule has 0 saturated carbocycles. The fourth-order valence-electron chi connectivity index (χ4n) is 1.99. The van der Waals surface area contributed by atoms with Crippen LogP contribution in [-0.2, 0) is 5.75 Å². The molecule has 0 atom stereocenters. The summed E-state index contributed by atoms with van der Waals surface area (Å²) in [5.74, 6) is 0.927. The molecule has 0 bridgehead atoms. The number of carboxylic acid groups (broad SMARTS) is 1. The molecule has 2 aromatic rings. The summed E-state index contributed by atoms with van der Waals surface area (Å²) in [5, 5.41) is 9.75. The average molecular weight is 323 g/mol. The minimum Gasteiger partial charge on any atom is -0.478 e. The Kier molecular flexibility index (Phi) is 3.94. The predicted octanol–water partition coefficient (Wildman–Crippen LogP) is 4.06. The summed E-state index contributed by atoms with van der Waals surface area (Å²) in [7, 11) is 0. The molecule has 0 fully saturated rings. The number of carboxylic acids is 1. The molecule has 108 valence electrons. The van der Waals surface area contributed by atoms with Gasteiger partial charge in [-0.2, -0.15) is 0 Å². The second-order valence-electron chi connectivity index (χ2n) is 4.39. The second-order valence-corrected chi connectivity index (χ2v) is 5.81. The fraction of sp³-hybridized carbons (Fsp3) is 0.133. The van der Waals surface area contributed by atoms with Gasteiger partial charge in [0.1, 0.15) is 0 Å². The predicted molar refractivity (Wildman–Crippen MR) is 80.5 cm³/mol. The lowest BCUT2D eigenvalue weighted by molar-refractivity contribution is 0.0693. The first-order chi connectivity index (χ1) is 10.1. The first-order valence-electron chi connectivity index (χ1n) is 6.18. The molecule has 1 N–H and O–H groups in total. The van der Waals surface area contributed by atoms with Gasteiger partial charge < -0.3 is 14.6 Å². The van der Waals surface area contributed by atoms with Crippen molar-refractivity contribution in [2.75, 3.05) is 6.79 Å². The van der Waals surface area contributed by atoms with E-state index in [1.54, 1.807) is 24.3 Å². The number of benzene rings is 2. The molecule has 4 nitrogen and oxygen atoms in total. The van der Waals surface area contributed by atoms with Gasteiger partial charge in [-0.1, -0.05) is 23.7 Å². The summed E-state index contributed by atoms with van der Waals surface area (Å²) >= 11 is 7.64. The van der Waals surface area contributed by atoms with E-state index in [-0.39, 0.29) is 6.79 Å². The molecular formula is C15H11ClO4S. The van der Waals surface area contributed by atoms with Gasteiger partial charge in [0.05, 0.1) is 5.56 Å². The van der Waals surface area contributed by atoms with Crippen molar-refractivity contribution in [2.45, 2.75) is 10.6 Å². The average Bonchev–Trinajstić information content (AvgIpc) is 2.92. The highest BCUT2D eigenvalue weighted by molar-refractivity contribution is 7.98. The van der Waals surface area contributed by atoms with E-state index < -0.39 is 5.97 Å². The van der Waals surface area contributed by atoms with E-state index in [9.17, 15) is 4.79 Å². The number of aromatic carboxylic acids is 1. The number of hydrogen-bond acceptors (Lipinski definition) is 4. The Hall–Kier alpha value is -1.85. The minimum absolute atomic E-state index is 0.199. The SMILES string of the molecule is O=C(O)c1ccccc1SCc1cc2c(cc1Cl)OCO2. The van der Waals surface area contributed by atoms with Gasteiger partial charge in [0.25, 0.3) is 0 Å². The zero-order valence-corrected chi connectivity index (χ0v) is 12.4. The van der Waals surface area contributed by atoms with Gasteiger partial charge in [-0.3, -0.25) is 0 Å². The second kappa shape index (κ2) is 5.87. The number of ether oxygens (including phenoxy) is 2. The van der Waals surface area contributed by atoms with E-state index in [2.05, 4.69) is 0 Å². The normalized spacial score (nSPS) is 12.4. The van der Waals surface area contributed by atoms with Gasteiger partial charge in [0, 0.05) is 21.7 Å². The Morgan fingerprint density at radius 2 is 1.95 bits per heavy atom. The van der Waals surface area contributed by atoms with Crippen LogP contribution >= 0.6 is 23.4 Å². The number of halogens is 1. The lowest BCUT2D eigenvalue weighted by Gasteiger charge is -2.08. The van der Waals surface area contributed by atoms with Crippen LogP contribution in [0.2, 0.25) is 5.02 Å². The van der Waals surface area contributed by atoms with Crippen molar-refractivity contribution in [1.82, 2.24) is 0 Å². The lowest BCUT2D eigenvalue weighted by atomic mass is 10.2. The van der Waals surface area contributed by atoms with Gasteiger partial charge in [-0.15, -0.1) is 11.8 Å². The molecule has 1 aliphatic heterocycles. The molecule has 0 aromatic heterocycles. The van der Waals surface area contributed by atoms with Gasteiger partial charge in [0.15, 0.2) is 11.5 Å². The molecule has 0 saturated heterocycles. The number of hydrogen-bond donors (Lipinski definition) is 1. The van der Waals surface area contributed by atoms with Crippen molar-refractivity contribution in [3.05, 3.63) is 52.5 Å². The van der Waals surface area contributed by atoms with E-state index in [1.165, 1.54) is 11.8 Å². The molecule has 1 aliphatic rings. The molecule has 6 heteroatoms. The van der Waals surface area contributed by atoms with Crippen LogP contribution < -0.4 is 9.47 Å². The zero-order chi connectivity index (χ0) is 14.8. The van der Waals surface area contributed by atoms with E-state index in [0.29, 0.717) is 32.7 Å². The van der Waals surface area contributed by atoms with Gasteiger partial charge in [0.2, 0.25) is 6.79 Å². The van der Waals surface area contributed by atoms with Crippen molar-refractivity contribution < 1.29 is 19.4 Å². The van der Waals surface area contributed by atoms with Crippen molar-refractivity contribution in [3.8, 4) is 11.5 Å². The van der Waals surface area contributed by atoms with Crippen molar-refractivity contribution >= 4 is 29.3 Å². The Bertz CT molecular complexity index is 702. The molecule has 21 heavy (non-hydrogen) atoms. The Morgan fingerprint density at radius 1 is 1.24 bits per heavy atom. The van der Waals surface area contributed by atoms with Crippen LogP contribution in [0.5, 0.6) is 11.5 Å². The zero-order valence-electron chi connectivity index (χ0n) is 10.8. The monoisotopic (exact) mass is 322 g/mol. The summed E-state index contributed by atoms with van der Waals surface area (Å²) in [6.45, 7) is 0.199. The van der Waals surface area contributed by atoms with Crippen LogP contribution in [-0.4, -0.2) is 17.9 Å². The van der Waals surface area contributed by atoms with Crippen LogP contribution in [0.3, 0.4) is 0 Å². The fourth-order valence-corrected chi connectivity index (χ4v) is 3.33. The summed E-state index contributed by atoms with van der Waals surface area (Å²) in [4.78, 5) is 11.9. The maximum atomic E-state index is 11.2. The standard InChI is InChI=1S/C15H11ClO4S/c16-11-6-13-12(19-8-20-13)5-9(11)7-21-14-4-2-1-3-10(14)15(17)18/h1-6H,7-8H2,(H,17,18). The summed E-state index contributed by atoms with van der Waals surface area (Å²) in [6.07, 6.45) is 0. The van der Waals surface area contributed by atoms with E-state index >= 15 is 0 Å². The third kappa shape index (κ3) is 2.94. The number of thioether (sulfide) groups is 1. The smallest absolute Gasteiger partial charge is 0.336 e. The third-order valence-electron chi connectivity index (χ3n) is 3.04. The minimum atomic E-state index is -0.935. The van der Waals surface area contributed by atoms with Crippen molar-refractivity contribution in [3.63, 3.8) is 0 Å². The Labute approximate surface area is 130 Å². The van der Waals surface area contributed by atoms with Crippen LogP contribution in [0.15, 0.2) is 41.3 Å². The molecular weight excluding hydrogens is 312 g/mol. The quantitative estimate of drug-likeness (QED) is 0.860. The Balaban J connectivity index is 1.81. The number of fused-ring (bicyclic) bond motifs is 1. The summed E-state index contributed by atoms with van der Waals surface area (Å²) in [5.41, 5.74) is 1.17. The molecule has 0 aliphatic carbocycles. The van der Waals surface area contributed by atoms with Crippen LogP contribution in [0.1, 0.15) is 15.9 Å². The van der Waals surface area contributed by atoms with E-state index in [0.717, 1.165) is 5.56 Å². The highest BCUT2D eigenvalue weighted by Gasteiger charge is 2.17. The number of rotatable bonds is 4. The summed E-state index contributed by atoms with van der Waals surface area (Å²) < 4.78 is 10.6. The molecule has 1 heterocycles. The highest BCUT2D eigenvalue weighted by atomic mass is 35.5. The van der Waals surface area contributed by atoms with Crippen molar-refractivity contribution in [2.24, 2.45) is 0 Å². The maximum Gasteiger partial charge on any atom is 0.336 e. The van der Waals surface area contributed by atoms with Gasteiger partial charge >= 0.3 is 5.97 Å². The van der Waals surface area contributed by atoms with Crippen LogP contribution in [0.25, 0.3) is 0 Å². The van der Waals surface area contributed by atoms with Crippen LogP contribution in [0.4, 0.5) is 0 Å². The molecule has 0 unspecified atom stereocenters. The third-order valence-corrected chi connectivity index (χ3v) is 4.52. The van der Waals surface area contributed by atoms with E-state index in [4.69, 9.17) is 26.2 Å². The van der Waals surface area contributed by atoms with Crippen molar-refractivity contribution in [1.29, 1.82) is 0 Å². The lowest BCUT2D eigenvalue weighted by Crippen LogP contribution is -1.98. The van der Waals surface area contributed by atoms with E-state index in [1.807, 2.05) is 12.1 Å².